The van der Waals surface area contributed by atoms with Gasteiger partial charge in [-0.15, -0.1) is 0 Å². The maximum atomic E-state index is 11.5. The summed E-state index contributed by atoms with van der Waals surface area (Å²) in [5.41, 5.74) is 0.387. The van der Waals surface area contributed by atoms with Crippen molar-refractivity contribution in [1.29, 1.82) is 5.26 Å². The van der Waals surface area contributed by atoms with Gasteiger partial charge in [-0.2, -0.15) is 18.4 Å². The Morgan fingerprint density at radius 1 is 1.44 bits per heavy atom. The molecule has 0 aromatic carbocycles. The molecule has 1 saturated carbocycles. The lowest BCUT2D eigenvalue weighted by molar-refractivity contribution is 0.586. The van der Waals surface area contributed by atoms with Crippen molar-refractivity contribution in [1.82, 2.24) is 9.71 Å². The zero-order valence-corrected chi connectivity index (χ0v) is 9.16. The molecule has 6 nitrogen and oxygen atoms in total. The van der Waals surface area contributed by atoms with Gasteiger partial charge in [0.1, 0.15) is 11.9 Å². The van der Waals surface area contributed by atoms with Gasteiger partial charge in [-0.25, -0.2) is 4.98 Å². The summed E-state index contributed by atoms with van der Waals surface area (Å²) in [5, 5.41) is 8.55. The van der Waals surface area contributed by atoms with Crippen molar-refractivity contribution in [2.24, 2.45) is 0 Å². The summed E-state index contributed by atoms with van der Waals surface area (Å²) in [6.07, 6.45) is 3.07. The Morgan fingerprint density at radius 2 is 2.19 bits per heavy atom. The van der Waals surface area contributed by atoms with Crippen molar-refractivity contribution < 1.29 is 8.42 Å². The van der Waals surface area contributed by atoms with Gasteiger partial charge in [-0.1, -0.05) is 0 Å². The quantitative estimate of drug-likeness (QED) is 0.791. The number of hydrogen-bond acceptors (Lipinski definition) is 4. The summed E-state index contributed by atoms with van der Waals surface area (Å²) in [5.74, 6) is 0.201. The van der Waals surface area contributed by atoms with Crippen LogP contribution >= 0.6 is 0 Å². The highest BCUT2D eigenvalue weighted by atomic mass is 32.2. The average Bonchev–Trinajstić information content (AvgIpc) is 3.01. The first-order valence-corrected chi connectivity index (χ1v) is 6.23. The monoisotopic (exact) mass is 238 g/mol. The first-order valence-electron chi connectivity index (χ1n) is 4.75. The zero-order chi connectivity index (χ0) is 11.6. The molecule has 1 aromatic heterocycles. The normalized spacial score (nSPS) is 15.4. The molecule has 2 rings (SSSR count). The molecule has 0 bridgehead atoms. The van der Waals surface area contributed by atoms with Gasteiger partial charge in [0.05, 0.1) is 5.56 Å². The van der Waals surface area contributed by atoms with Crippen molar-refractivity contribution in [3.63, 3.8) is 0 Å². The van der Waals surface area contributed by atoms with Crippen LogP contribution in [0.15, 0.2) is 18.3 Å². The van der Waals surface area contributed by atoms with Gasteiger partial charge in [-0.3, -0.25) is 4.72 Å². The van der Waals surface area contributed by atoms with Crippen molar-refractivity contribution in [2.75, 3.05) is 4.72 Å². The van der Waals surface area contributed by atoms with Crippen LogP contribution in [0.2, 0.25) is 0 Å². The number of hydrogen-bond donors (Lipinski definition) is 2. The van der Waals surface area contributed by atoms with E-state index in [1.54, 1.807) is 0 Å². The second-order valence-electron chi connectivity index (χ2n) is 3.54. The molecule has 7 heteroatoms. The van der Waals surface area contributed by atoms with Gasteiger partial charge in [0, 0.05) is 12.2 Å². The van der Waals surface area contributed by atoms with Gasteiger partial charge in [-0.05, 0) is 25.0 Å². The van der Waals surface area contributed by atoms with Crippen molar-refractivity contribution in [2.45, 2.75) is 18.9 Å². The topological polar surface area (TPSA) is 94.9 Å². The van der Waals surface area contributed by atoms with Crippen LogP contribution in [0.1, 0.15) is 18.4 Å². The number of nitriles is 1. The number of aromatic nitrogens is 1. The molecule has 0 aliphatic heterocycles. The van der Waals surface area contributed by atoms with E-state index in [2.05, 4.69) is 14.4 Å². The van der Waals surface area contributed by atoms with E-state index < -0.39 is 10.2 Å². The van der Waals surface area contributed by atoms with Gasteiger partial charge < -0.3 is 0 Å². The fourth-order valence-electron chi connectivity index (χ4n) is 1.11. The van der Waals surface area contributed by atoms with Crippen LogP contribution < -0.4 is 9.44 Å². The van der Waals surface area contributed by atoms with E-state index in [1.165, 1.54) is 18.3 Å². The third kappa shape index (κ3) is 2.92. The number of nitrogens with one attached hydrogen (secondary N) is 2. The van der Waals surface area contributed by atoms with Crippen LogP contribution in [-0.4, -0.2) is 19.4 Å². The molecule has 1 fully saturated rings. The van der Waals surface area contributed by atoms with E-state index in [-0.39, 0.29) is 11.9 Å². The molecular weight excluding hydrogens is 228 g/mol. The largest absolute Gasteiger partial charge is 0.300 e. The Hall–Kier alpha value is -1.65. The third-order valence-electron chi connectivity index (χ3n) is 2.03. The van der Waals surface area contributed by atoms with Crippen LogP contribution in [0.25, 0.3) is 0 Å². The Labute approximate surface area is 93.5 Å². The molecule has 1 aliphatic rings. The van der Waals surface area contributed by atoms with Crippen molar-refractivity contribution in [3.8, 4) is 6.07 Å². The highest BCUT2D eigenvalue weighted by molar-refractivity contribution is 7.90. The molecular formula is C9H10N4O2S. The van der Waals surface area contributed by atoms with Crippen LogP contribution in [0, 0.1) is 11.3 Å². The Kier molecular flexibility index (Phi) is 2.77. The van der Waals surface area contributed by atoms with E-state index in [0.29, 0.717) is 5.56 Å². The van der Waals surface area contributed by atoms with E-state index in [9.17, 15) is 8.42 Å². The van der Waals surface area contributed by atoms with E-state index >= 15 is 0 Å². The summed E-state index contributed by atoms with van der Waals surface area (Å²) in [7, 11) is -3.54. The fourth-order valence-corrected chi connectivity index (χ4v) is 2.24. The Morgan fingerprint density at radius 3 is 2.69 bits per heavy atom. The van der Waals surface area contributed by atoms with Gasteiger partial charge in [0.25, 0.3) is 0 Å². The number of rotatable bonds is 4. The molecule has 0 spiro atoms. The molecule has 2 N–H and O–H groups in total. The maximum absolute atomic E-state index is 11.5. The molecule has 0 radical (unpaired) electrons. The van der Waals surface area contributed by atoms with Crippen molar-refractivity contribution >= 4 is 16.0 Å². The lowest BCUT2D eigenvalue weighted by atomic mass is 10.3. The highest BCUT2D eigenvalue weighted by Gasteiger charge is 2.26. The van der Waals surface area contributed by atoms with Crippen LogP contribution in [0.3, 0.4) is 0 Å². The van der Waals surface area contributed by atoms with E-state index in [0.717, 1.165) is 12.8 Å². The molecule has 1 aromatic rings. The average molecular weight is 238 g/mol. The van der Waals surface area contributed by atoms with Crippen LogP contribution in [-0.2, 0) is 10.2 Å². The predicted octanol–water partition coefficient (Wildman–Crippen LogP) is 0.362. The molecule has 1 aliphatic carbocycles. The van der Waals surface area contributed by atoms with E-state index in [1.807, 2.05) is 6.07 Å². The lowest BCUT2D eigenvalue weighted by Gasteiger charge is -2.07. The number of pyridine rings is 1. The summed E-state index contributed by atoms with van der Waals surface area (Å²) in [6, 6.07) is 4.91. The van der Waals surface area contributed by atoms with Crippen molar-refractivity contribution in [3.05, 3.63) is 23.9 Å². The minimum absolute atomic E-state index is 0.0517. The smallest absolute Gasteiger partial charge is 0.255 e. The molecule has 16 heavy (non-hydrogen) atoms. The number of nitrogens with zero attached hydrogens (tertiary/aromatic N) is 2. The van der Waals surface area contributed by atoms with Gasteiger partial charge >= 0.3 is 10.2 Å². The lowest BCUT2D eigenvalue weighted by Crippen LogP contribution is -2.32. The number of anilines is 1. The maximum Gasteiger partial charge on any atom is 0.300 e. The van der Waals surface area contributed by atoms with Gasteiger partial charge in [0.15, 0.2) is 0 Å². The van der Waals surface area contributed by atoms with Crippen LogP contribution in [0.4, 0.5) is 5.82 Å². The van der Waals surface area contributed by atoms with Crippen LogP contribution in [0.5, 0.6) is 0 Å². The van der Waals surface area contributed by atoms with E-state index in [4.69, 9.17) is 5.26 Å². The minimum Gasteiger partial charge on any atom is -0.255 e. The molecule has 1 heterocycles. The fraction of sp³-hybridized carbons (Fsp3) is 0.333. The third-order valence-corrected chi connectivity index (χ3v) is 3.15. The summed E-state index contributed by atoms with van der Waals surface area (Å²) in [4.78, 5) is 3.81. The molecule has 0 amide bonds. The zero-order valence-electron chi connectivity index (χ0n) is 8.34. The molecule has 0 atom stereocenters. The van der Waals surface area contributed by atoms with Gasteiger partial charge in [0.2, 0.25) is 0 Å². The first kappa shape index (κ1) is 10.9. The summed E-state index contributed by atoms with van der Waals surface area (Å²) < 4.78 is 27.7. The summed E-state index contributed by atoms with van der Waals surface area (Å²) in [6.45, 7) is 0. The molecule has 84 valence electrons. The second-order valence-corrected chi connectivity index (χ2v) is 4.99. The predicted molar refractivity (Wildman–Crippen MR) is 57.7 cm³/mol. The summed E-state index contributed by atoms with van der Waals surface area (Å²) >= 11 is 0. The minimum atomic E-state index is -3.54. The Bertz CT molecular complexity index is 513. The standard InChI is InChI=1S/C9H10N4O2S/c10-5-7-1-4-9(11-6-7)13-16(14,15)12-8-2-3-8/h1,4,6,8,12H,2-3H2,(H,11,13). The molecule has 0 unspecified atom stereocenters. The molecule has 0 saturated heterocycles. The highest BCUT2D eigenvalue weighted by Crippen LogP contribution is 2.20. The first-order chi connectivity index (χ1) is 7.59. The SMILES string of the molecule is N#Cc1ccc(NS(=O)(=O)NC2CC2)nc1. The second kappa shape index (κ2) is 4.08. The Balaban J connectivity index is 2.05.